The summed E-state index contributed by atoms with van der Waals surface area (Å²) in [4.78, 5) is 22.4. The smallest absolute Gasteiger partial charge is 0.303 e. The van der Waals surface area contributed by atoms with Crippen LogP contribution in [0.1, 0.15) is 67.2 Å². The van der Waals surface area contributed by atoms with Gasteiger partial charge in [0, 0.05) is 13.8 Å². The number of aliphatic hydroxyl groups is 5. The second-order valence-corrected chi connectivity index (χ2v) is 11.5. The van der Waals surface area contributed by atoms with Gasteiger partial charge in [0.1, 0.15) is 43.2 Å². The summed E-state index contributed by atoms with van der Waals surface area (Å²) < 4.78 is 32.6. The van der Waals surface area contributed by atoms with E-state index in [-0.39, 0.29) is 19.2 Å². The van der Waals surface area contributed by atoms with E-state index in [2.05, 4.69) is 19.1 Å². The Morgan fingerprint density at radius 2 is 1.30 bits per heavy atom. The number of carbonyl (C=O) groups is 2. The van der Waals surface area contributed by atoms with Gasteiger partial charge in [0.05, 0.1) is 19.3 Å². The molecule has 13 nitrogen and oxygen atoms in total. The number of hydrogen-bond donors (Lipinski definition) is 5. The molecule has 0 aromatic rings. The molecule has 10 atom stereocenters. The first kappa shape index (κ1) is 38.0. The summed E-state index contributed by atoms with van der Waals surface area (Å²) in [6, 6.07) is 0. The van der Waals surface area contributed by atoms with Crippen molar-refractivity contribution in [2.45, 2.75) is 129 Å². The molecule has 2 aliphatic heterocycles. The number of hydrogen-bond acceptors (Lipinski definition) is 13. The SMILES string of the molecule is CC(=O)OC/C(C)=C/CC/C(C)=C/CC/C(C)=C/CO[C@@H]1O[C@H](CO[C@@H]2O[C@@H](C)[C@H](O)[C@@H](O)[C@H]2OC(C)=O)[C@@H](O)[C@H](O)[C@H]1O. The standard InChI is InChI=1S/C31H50O13/c1-17(10-8-12-19(3)15-40-21(5)32)9-7-11-18(2)13-14-39-30-28(38)26(36)25(35)23(44-30)16-41-31-29(43-22(6)33)27(37)24(34)20(4)42-31/h9,12-13,20,23-31,34-38H,7-8,10-11,14-16H2,1-6H3/b17-9+,18-13+,19-12+/t20-,23+,24-,25+,26-,27+,28+,29+,30+,31+/m0/s1. The lowest BCUT2D eigenvalue weighted by atomic mass is 9.98. The number of esters is 2. The van der Waals surface area contributed by atoms with Crippen molar-refractivity contribution < 1.29 is 63.5 Å². The molecule has 2 rings (SSSR count). The maximum absolute atomic E-state index is 11.5. The van der Waals surface area contributed by atoms with Crippen LogP contribution in [0.5, 0.6) is 0 Å². The Kier molecular flexibility index (Phi) is 16.1. The molecule has 2 saturated heterocycles. The van der Waals surface area contributed by atoms with Crippen LogP contribution >= 0.6 is 0 Å². The fourth-order valence-corrected chi connectivity index (χ4v) is 4.69. The quantitative estimate of drug-likeness (QED) is 0.128. The largest absolute Gasteiger partial charge is 0.461 e. The molecule has 5 N–H and O–H groups in total. The second-order valence-electron chi connectivity index (χ2n) is 11.5. The van der Waals surface area contributed by atoms with E-state index in [1.54, 1.807) is 0 Å². The van der Waals surface area contributed by atoms with Crippen molar-refractivity contribution in [3.63, 3.8) is 0 Å². The van der Waals surface area contributed by atoms with Crippen LogP contribution in [-0.4, -0.2) is 119 Å². The van der Waals surface area contributed by atoms with Gasteiger partial charge in [-0.1, -0.05) is 29.4 Å². The predicted molar refractivity (Wildman–Crippen MR) is 157 cm³/mol. The van der Waals surface area contributed by atoms with Crippen LogP contribution in [0.15, 0.2) is 34.9 Å². The average molecular weight is 631 g/mol. The number of carbonyl (C=O) groups excluding carboxylic acids is 2. The molecular weight excluding hydrogens is 580 g/mol. The lowest BCUT2D eigenvalue weighted by Crippen LogP contribution is -2.61. The topological polar surface area (TPSA) is 191 Å². The molecule has 0 aromatic carbocycles. The molecule has 2 fully saturated rings. The Balaban J connectivity index is 1.84. The molecule has 2 heterocycles. The molecule has 44 heavy (non-hydrogen) atoms. The Labute approximate surface area is 259 Å². The van der Waals surface area contributed by atoms with Crippen molar-refractivity contribution in [3.05, 3.63) is 34.9 Å². The predicted octanol–water partition coefficient (Wildman–Crippen LogP) is 1.19. The van der Waals surface area contributed by atoms with Gasteiger partial charge in [-0.15, -0.1) is 0 Å². The first-order valence-electron chi connectivity index (χ1n) is 14.9. The van der Waals surface area contributed by atoms with Crippen molar-refractivity contribution in [3.8, 4) is 0 Å². The molecule has 0 saturated carbocycles. The Hall–Kier alpha value is -2.20. The molecule has 13 heteroatoms. The van der Waals surface area contributed by atoms with Gasteiger partial charge in [-0.25, -0.2) is 0 Å². The first-order chi connectivity index (χ1) is 20.7. The van der Waals surface area contributed by atoms with E-state index in [1.165, 1.54) is 19.4 Å². The molecule has 0 bridgehead atoms. The third-order valence-corrected chi connectivity index (χ3v) is 7.44. The van der Waals surface area contributed by atoms with Crippen molar-refractivity contribution in [1.82, 2.24) is 0 Å². The third-order valence-electron chi connectivity index (χ3n) is 7.44. The molecule has 0 unspecified atom stereocenters. The maximum atomic E-state index is 11.5. The van der Waals surface area contributed by atoms with Gasteiger partial charge in [0.2, 0.25) is 0 Å². The van der Waals surface area contributed by atoms with Crippen LogP contribution in [0.25, 0.3) is 0 Å². The zero-order chi connectivity index (χ0) is 33.0. The first-order valence-corrected chi connectivity index (χ1v) is 14.9. The second kappa shape index (κ2) is 18.7. The van der Waals surface area contributed by atoms with E-state index in [0.29, 0.717) is 6.61 Å². The molecule has 252 valence electrons. The summed E-state index contributed by atoms with van der Waals surface area (Å²) in [6.45, 7) is 10.0. The fraction of sp³-hybridized carbons (Fsp3) is 0.742. The third kappa shape index (κ3) is 12.3. The zero-order valence-electron chi connectivity index (χ0n) is 26.5. The Morgan fingerprint density at radius 1 is 0.682 bits per heavy atom. The van der Waals surface area contributed by atoms with Crippen LogP contribution in [0, 0.1) is 0 Å². The Morgan fingerprint density at radius 3 is 1.91 bits per heavy atom. The molecule has 0 radical (unpaired) electrons. The van der Waals surface area contributed by atoms with Gasteiger partial charge >= 0.3 is 11.9 Å². The number of rotatable bonds is 15. The summed E-state index contributed by atoms with van der Waals surface area (Å²) in [5, 5.41) is 51.7. The Bertz CT molecular complexity index is 1010. The van der Waals surface area contributed by atoms with Crippen molar-refractivity contribution in [2.24, 2.45) is 0 Å². The van der Waals surface area contributed by atoms with E-state index in [0.717, 1.165) is 43.8 Å². The molecule has 0 amide bonds. The highest BCUT2D eigenvalue weighted by atomic mass is 16.7. The fourth-order valence-electron chi connectivity index (χ4n) is 4.69. The molecular formula is C31H50O13. The lowest BCUT2D eigenvalue weighted by Gasteiger charge is -2.43. The van der Waals surface area contributed by atoms with Crippen molar-refractivity contribution in [1.29, 1.82) is 0 Å². The molecule has 2 aliphatic rings. The van der Waals surface area contributed by atoms with Gasteiger partial charge in [-0.05, 0) is 59.0 Å². The van der Waals surface area contributed by atoms with E-state index in [9.17, 15) is 35.1 Å². The minimum absolute atomic E-state index is 0.0842. The van der Waals surface area contributed by atoms with E-state index >= 15 is 0 Å². The zero-order valence-corrected chi connectivity index (χ0v) is 26.5. The van der Waals surface area contributed by atoms with E-state index in [4.69, 9.17) is 28.4 Å². The highest BCUT2D eigenvalue weighted by Gasteiger charge is 2.48. The van der Waals surface area contributed by atoms with Gasteiger partial charge in [0.25, 0.3) is 0 Å². The van der Waals surface area contributed by atoms with Gasteiger partial charge in [-0.3, -0.25) is 9.59 Å². The highest BCUT2D eigenvalue weighted by Crippen LogP contribution is 2.27. The van der Waals surface area contributed by atoms with Crippen molar-refractivity contribution in [2.75, 3.05) is 19.8 Å². The summed E-state index contributed by atoms with van der Waals surface area (Å²) in [5.74, 6) is -1.02. The number of allylic oxidation sites excluding steroid dienone is 4. The van der Waals surface area contributed by atoms with Crippen LogP contribution in [0.2, 0.25) is 0 Å². The lowest BCUT2D eigenvalue weighted by molar-refractivity contribution is -0.327. The monoisotopic (exact) mass is 630 g/mol. The molecule has 0 aliphatic carbocycles. The minimum atomic E-state index is -1.59. The summed E-state index contributed by atoms with van der Waals surface area (Å²) in [5.41, 5.74) is 3.32. The average Bonchev–Trinajstić information content (AvgIpc) is 2.95. The highest BCUT2D eigenvalue weighted by molar-refractivity contribution is 5.66. The van der Waals surface area contributed by atoms with Crippen LogP contribution in [0.3, 0.4) is 0 Å². The normalized spacial score (nSPS) is 33.7. The summed E-state index contributed by atoms with van der Waals surface area (Å²) in [7, 11) is 0. The maximum Gasteiger partial charge on any atom is 0.303 e. The van der Waals surface area contributed by atoms with Crippen LogP contribution in [0.4, 0.5) is 0 Å². The van der Waals surface area contributed by atoms with E-state index < -0.39 is 67.4 Å². The van der Waals surface area contributed by atoms with Crippen LogP contribution in [-0.2, 0) is 38.0 Å². The number of aliphatic hydroxyl groups excluding tert-OH is 5. The minimum Gasteiger partial charge on any atom is -0.461 e. The summed E-state index contributed by atoms with van der Waals surface area (Å²) >= 11 is 0. The molecule has 0 aromatic heterocycles. The number of ether oxygens (including phenoxy) is 6. The van der Waals surface area contributed by atoms with Gasteiger partial charge in [0.15, 0.2) is 18.7 Å². The van der Waals surface area contributed by atoms with Crippen molar-refractivity contribution >= 4 is 11.9 Å². The van der Waals surface area contributed by atoms with E-state index in [1.807, 2.05) is 19.9 Å². The van der Waals surface area contributed by atoms with Gasteiger partial charge < -0.3 is 54.0 Å². The summed E-state index contributed by atoms with van der Waals surface area (Å²) in [6.07, 6.45) is -3.88. The molecule has 0 spiro atoms. The van der Waals surface area contributed by atoms with Crippen LogP contribution < -0.4 is 0 Å². The van der Waals surface area contributed by atoms with Gasteiger partial charge in [-0.2, -0.15) is 0 Å².